The van der Waals surface area contributed by atoms with Crippen molar-refractivity contribution >= 4 is 27.5 Å². The number of carbonyl (C=O) groups is 2. The molecule has 1 aliphatic rings. The van der Waals surface area contributed by atoms with E-state index in [9.17, 15) is 18.0 Å². The van der Waals surface area contributed by atoms with E-state index in [1.165, 1.54) is 5.56 Å². The van der Waals surface area contributed by atoms with Gasteiger partial charge in [-0.2, -0.15) is 0 Å². The number of likely N-dealkylation sites (tertiary alicyclic amines) is 1. The smallest absolute Gasteiger partial charge is 0.253 e. The topological polar surface area (TPSA) is 86.8 Å². The number of anilines is 1. The molecular formula is C23H29N3O4S. The van der Waals surface area contributed by atoms with Gasteiger partial charge in [-0.1, -0.05) is 18.2 Å². The van der Waals surface area contributed by atoms with Crippen molar-refractivity contribution in [1.82, 2.24) is 9.80 Å². The summed E-state index contributed by atoms with van der Waals surface area (Å²) in [5.74, 6) is 0.227. The number of rotatable bonds is 5. The summed E-state index contributed by atoms with van der Waals surface area (Å²) in [6.45, 7) is 3.06. The zero-order valence-corrected chi connectivity index (χ0v) is 19.2. The first kappa shape index (κ1) is 22.8. The minimum absolute atomic E-state index is 0.0187. The van der Waals surface area contributed by atoms with Crippen molar-refractivity contribution < 1.29 is 18.0 Å². The lowest BCUT2D eigenvalue weighted by Gasteiger charge is -2.32. The Kier molecular flexibility index (Phi) is 6.69. The molecule has 0 unspecified atom stereocenters. The predicted octanol–water partition coefficient (Wildman–Crippen LogP) is 3.09. The summed E-state index contributed by atoms with van der Waals surface area (Å²) in [4.78, 5) is 28.4. The Morgan fingerprint density at radius 1 is 1.00 bits per heavy atom. The molecule has 1 aliphatic heterocycles. The third-order valence-electron chi connectivity index (χ3n) is 5.60. The fourth-order valence-corrected chi connectivity index (χ4v) is 4.44. The van der Waals surface area contributed by atoms with Gasteiger partial charge in [0.15, 0.2) is 0 Å². The maximum atomic E-state index is 13.0. The third-order valence-corrected chi connectivity index (χ3v) is 6.19. The van der Waals surface area contributed by atoms with Gasteiger partial charge in [-0.15, -0.1) is 0 Å². The van der Waals surface area contributed by atoms with Crippen molar-refractivity contribution in [2.45, 2.75) is 25.7 Å². The van der Waals surface area contributed by atoms with Crippen molar-refractivity contribution in [1.29, 1.82) is 0 Å². The van der Waals surface area contributed by atoms with Crippen LogP contribution in [0.1, 0.15) is 50.6 Å². The summed E-state index contributed by atoms with van der Waals surface area (Å²) in [6.07, 6.45) is 2.77. The quantitative estimate of drug-likeness (QED) is 0.769. The molecule has 0 aliphatic carbocycles. The lowest BCUT2D eigenvalue weighted by Crippen LogP contribution is -2.38. The lowest BCUT2D eigenvalue weighted by molar-refractivity contribution is 0.0712. The van der Waals surface area contributed by atoms with Crippen LogP contribution in [0.3, 0.4) is 0 Å². The summed E-state index contributed by atoms with van der Waals surface area (Å²) in [6, 6.07) is 12.8. The van der Waals surface area contributed by atoms with Crippen LogP contribution in [-0.4, -0.2) is 63.5 Å². The first-order chi connectivity index (χ1) is 14.5. The Morgan fingerprint density at radius 2 is 1.58 bits per heavy atom. The molecule has 3 rings (SSSR count). The molecule has 2 aromatic carbocycles. The fraction of sp³-hybridized carbons (Fsp3) is 0.391. The molecule has 1 N–H and O–H groups in total. The second-order valence-corrected chi connectivity index (χ2v) is 10.0. The van der Waals surface area contributed by atoms with Crippen LogP contribution in [0, 0.1) is 6.92 Å². The van der Waals surface area contributed by atoms with Gasteiger partial charge in [0, 0.05) is 38.3 Å². The van der Waals surface area contributed by atoms with E-state index in [0.717, 1.165) is 24.7 Å². The molecule has 1 fully saturated rings. The average Bonchev–Trinajstić information content (AvgIpc) is 2.73. The molecule has 0 radical (unpaired) electrons. The number of piperidine rings is 1. The Bertz CT molecular complexity index is 1070. The second kappa shape index (κ2) is 9.09. The number of nitrogens with one attached hydrogen (secondary N) is 1. The van der Waals surface area contributed by atoms with E-state index in [2.05, 4.69) is 4.72 Å². The van der Waals surface area contributed by atoms with Crippen molar-refractivity contribution in [3.63, 3.8) is 0 Å². The average molecular weight is 444 g/mol. The first-order valence-electron chi connectivity index (χ1n) is 10.2. The van der Waals surface area contributed by atoms with Gasteiger partial charge >= 0.3 is 0 Å². The van der Waals surface area contributed by atoms with Crippen LogP contribution in [0.4, 0.5) is 5.69 Å². The highest BCUT2D eigenvalue weighted by molar-refractivity contribution is 7.92. The highest BCUT2D eigenvalue weighted by atomic mass is 32.2. The number of aryl methyl sites for hydroxylation is 1. The van der Waals surface area contributed by atoms with E-state index in [0.29, 0.717) is 35.8 Å². The zero-order chi connectivity index (χ0) is 22.8. The monoisotopic (exact) mass is 443 g/mol. The van der Waals surface area contributed by atoms with Crippen LogP contribution < -0.4 is 4.72 Å². The van der Waals surface area contributed by atoms with E-state index in [4.69, 9.17) is 0 Å². The van der Waals surface area contributed by atoms with Crippen LogP contribution in [0.15, 0.2) is 42.5 Å². The summed E-state index contributed by atoms with van der Waals surface area (Å²) >= 11 is 0. The number of carbonyl (C=O) groups excluding carboxylic acids is 2. The maximum Gasteiger partial charge on any atom is 0.253 e. The van der Waals surface area contributed by atoms with Crippen molar-refractivity contribution in [2.75, 3.05) is 38.2 Å². The van der Waals surface area contributed by atoms with Gasteiger partial charge in [0.1, 0.15) is 0 Å². The molecule has 0 bridgehead atoms. The van der Waals surface area contributed by atoms with Crippen molar-refractivity contribution in [3.05, 3.63) is 64.7 Å². The lowest BCUT2D eigenvalue weighted by atomic mass is 9.88. The molecule has 31 heavy (non-hydrogen) atoms. The van der Waals surface area contributed by atoms with Gasteiger partial charge < -0.3 is 9.80 Å². The van der Waals surface area contributed by atoms with Crippen LogP contribution in [0.5, 0.6) is 0 Å². The molecule has 0 saturated carbocycles. The largest absolute Gasteiger partial charge is 0.345 e. The Morgan fingerprint density at radius 3 is 2.13 bits per heavy atom. The van der Waals surface area contributed by atoms with Crippen LogP contribution in [0.25, 0.3) is 0 Å². The molecule has 8 heteroatoms. The molecule has 7 nitrogen and oxygen atoms in total. The molecule has 0 spiro atoms. The van der Waals surface area contributed by atoms with Crippen molar-refractivity contribution in [2.24, 2.45) is 0 Å². The number of nitrogens with zero attached hydrogens (tertiary/aromatic N) is 2. The Hall–Kier alpha value is -2.87. The summed E-state index contributed by atoms with van der Waals surface area (Å²) in [5.41, 5.74) is 3.51. The van der Waals surface area contributed by atoms with Crippen LogP contribution in [-0.2, 0) is 10.0 Å². The first-order valence-corrected chi connectivity index (χ1v) is 12.1. The molecule has 1 heterocycles. The number of amides is 2. The second-order valence-electron chi connectivity index (χ2n) is 8.29. The van der Waals surface area contributed by atoms with Gasteiger partial charge in [-0.25, -0.2) is 8.42 Å². The molecule has 2 aromatic rings. The maximum absolute atomic E-state index is 13.0. The number of hydrogen-bond acceptors (Lipinski definition) is 4. The number of benzene rings is 2. The van der Waals surface area contributed by atoms with Gasteiger partial charge in [0.2, 0.25) is 10.0 Å². The standard InChI is InChI=1S/C23H29N3O4S/c1-16-5-6-20(15-21(16)24-31(4,29)30)23(28)26-13-11-18(12-14-26)17-7-9-19(10-8-17)22(27)25(2)3/h5-10,15,18,24H,11-14H2,1-4H3. The number of hydrogen-bond donors (Lipinski definition) is 1. The van der Waals surface area contributed by atoms with Crippen LogP contribution >= 0.6 is 0 Å². The predicted molar refractivity (Wildman–Crippen MR) is 122 cm³/mol. The van der Waals surface area contributed by atoms with Gasteiger partial charge in [0.05, 0.1) is 11.9 Å². The summed E-state index contributed by atoms with van der Waals surface area (Å²) in [5, 5.41) is 0. The van der Waals surface area contributed by atoms with Gasteiger partial charge in [-0.3, -0.25) is 14.3 Å². The van der Waals surface area contributed by atoms with E-state index in [1.807, 2.05) is 29.2 Å². The minimum Gasteiger partial charge on any atom is -0.345 e. The highest BCUT2D eigenvalue weighted by Gasteiger charge is 2.25. The van der Waals surface area contributed by atoms with Crippen LogP contribution in [0.2, 0.25) is 0 Å². The van der Waals surface area contributed by atoms with E-state index < -0.39 is 10.0 Å². The minimum atomic E-state index is -3.42. The molecule has 0 aromatic heterocycles. The zero-order valence-electron chi connectivity index (χ0n) is 18.4. The van der Waals surface area contributed by atoms with Gasteiger partial charge in [0.25, 0.3) is 11.8 Å². The normalized spacial score (nSPS) is 14.9. The van der Waals surface area contributed by atoms with E-state index in [1.54, 1.807) is 44.1 Å². The van der Waals surface area contributed by atoms with Crippen molar-refractivity contribution in [3.8, 4) is 0 Å². The fourth-order valence-electron chi connectivity index (χ4n) is 3.82. The molecule has 1 saturated heterocycles. The number of sulfonamides is 1. The summed E-state index contributed by atoms with van der Waals surface area (Å²) in [7, 11) is 0.0498. The summed E-state index contributed by atoms with van der Waals surface area (Å²) < 4.78 is 25.6. The van der Waals surface area contributed by atoms with E-state index >= 15 is 0 Å². The molecule has 2 amide bonds. The van der Waals surface area contributed by atoms with Gasteiger partial charge in [-0.05, 0) is 61.1 Å². The molecule has 0 atom stereocenters. The molecular weight excluding hydrogens is 414 g/mol. The molecule has 166 valence electrons. The third kappa shape index (κ3) is 5.64. The Balaban J connectivity index is 1.65. The Labute approximate surface area is 184 Å². The van der Waals surface area contributed by atoms with E-state index in [-0.39, 0.29) is 11.8 Å². The SMILES string of the molecule is Cc1ccc(C(=O)N2CCC(c3ccc(C(=O)N(C)C)cc3)CC2)cc1NS(C)(=O)=O. The highest BCUT2D eigenvalue weighted by Crippen LogP contribution is 2.29.